The van der Waals surface area contributed by atoms with Crippen LogP contribution in [0.2, 0.25) is 0 Å². The van der Waals surface area contributed by atoms with Gasteiger partial charge in [0.25, 0.3) is 5.91 Å². The fourth-order valence-electron chi connectivity index (χ4n) is 4.45. The van der Waals surface area contributed by atoms with E-state index in [0.29, 0.717) is 11.9 Å². The Bertz CT molecular complexity index is 868. The molecule has 0 radical (unpaired) electrons. The Morgan fingerprint density at radius 3 is 2.26 bits per heavy atom. The Morgan fingerprint density at radius 2 is 1.65 bits per heavy atom. The van der Waals surface area contributed by atoms with Crippen LogP contribution in [0, 0.1) is 0 Å². The van der Waals surface area contributed by atoms with Gasteiger partial charge < -0.3 is 15.5 Å². The predicted molar refractivity (Wildman–Crippen MR) is 125 cm³/mol. The molecule has 2 fully saturated rings. The van der Waals surface area contributed by atoms with E-state index in [2.05, 4.69) is 45.7 Å². The first-order valence-corrected chi connectivity index (χ1v) is 11.3. The summed E-state index contributed by atoms with van der Waals surface area (Å²) in [6, 6.07) is 12.7. The highest BCUT2D eigenvalue weighted by molar-refractivity contribution is 5.94. The number of aromatic nitrogens is 1. The molecule has 0 saturated carbocycles. The molecule has 4 rings (SSSR count). The van der Waals surface area contributed by atoms with Crippen molar-refractivity contribution in [1.29, 1.82) is 0 Å². The third kappa shape index (κ3) is 5.35. The highest BCUT2D eigenvalue weighted by Gasteiger charge is 2.23. The van der Waals surface area contributed by atoms with Crippen LogP contribution >= 0.6 is 0 Å². The molecule has 0 spiro atoms. The van der Waals surface area contributed by atoms with E-state index in [-0.39, 0.29) is 5.91 Å². The van der Waals surface area contributed by atoms with Crippen molar-refractivity contribution >= 4 is 17.4 Å². The van der Waals surface area contributed by atoms with E-state index >= 15 is 0 Å². The normalized spacial score (nSPS) is 18.5. The quantitative estimate of drug-likeness (QED) is 0.796. The molecule has 2 aliphatic rings. The zero-order valence-corrected chi connectivity index (χ0v) is 18.7. The fraction of sp³-hybridized carbons (Fsp3) is 0.500. The van der Waals surface area contributed by atoms with E-state index in [9.17, 15) is 4.79 Å². The van der Waals surface area contributed by atoms with E-state index < -0.39 is 0 Å². The Kier molecular flexibility index (Phi) is 6.73. The van der Waals surface area contributed by atoms with Crippen molar-refractivity contribution in [3.8, 4) is 0 Å². The third-order valence-corrected chi connectivity index (χ3v) is 6.44. The first kappa shape index (κ1) is 21.6. The van der Waals surface area contributed by atoms with Crippen molar-refractivity contribution < 1.29 is 4.79 Å². The standard InChI is InChI=1S/C24H34N6O/c1-19(2)28-13-15-29(16-14-28)22-5-3-21(4-6-22)24(31)30-11-9-27(10-12-30)18-20-7-8-26-23(25)17-20/h3-8,17,19H,9-16,18H2,1-2H3,(H2,25,26). The van der Waals surface area contributed by atoms with Gasteiger partial charge in [-0.25, -0.2) is 4.98 Å². The van der Waals surface area contributed by atoms with Crippen LogP contribution in [0.15, 0.2) is 42.6 Å². The number of carbonyl (C=O) groups is 1. The van der Waals surface area contributed by atoms with Gasteiger partial charge in [0, 0.05) is 82.4 Å². The number of nitrogens with two attached hydrogens (primary N) is 1. The van der Waals surface area contributed by atoms with Gasteiger partial charge in [-0.2, -0.15) is 0 Å². The second-order valence-electron chi connectivity index (χ2n) is 8.82. The summed E-state index contributed by atoms with van der Waals surface area (Å²) in [4.78, 5) is 26.3. The van der Waals surface area contributed by atoms with Crippen molar-refractivity contribution in [2.75, 3.05) is 63.0 Å². The second kappa shape index (κ2) is 9.66. The highest BCUT2D eigenvalue weighted by atomic mass is 16.2. The summed E-state index contributed by atoms with van der Waals surface area (Å²) >= 11 is 0. The number of piperazine rings is 2. The molecule has 1 aromatic heterocycles. The Labute approximate surface area is 185 Å². The second-order valence-corrected chi connectivity index (χ2v) is 8.82. The molecule has 31 heavy (non-hydrogen) atoms. The largest absolute Gasteiger partial charge is 0.384 e. The molecule has 3 heterocycles. The van der Waals surface area contributed by atoms with E-state index in [1.165, 1.54) is 5.69 Å². The highest BCUT2D eigenvalue weighted by Crippen LogP contribution is 2.20. The molecule has 0 bridgehead atoms. The Morgan fingerprint density at radius 1 is 0.968 bits per heavy atom. The zero-order valence-electron chi connectivity index (χ0n) is 18.7. The number of carbonyl (C=O) groups excluding carboxylic acids is 1. The van der Waals surface area contributed by atoms with Crippen LogP contribution in [0.25, 0.3) is 0 Å². The summed E-state index contributed by atoms with van der Waals surface area (Å²) < 4.78 is 0. The van der Waals surface area contributed by atoms with E-state index in [1.807, 2.05) is 29.2 Å². The molecule has 0 aliphatic carbocycles. The van der Waals surface area contributed by atoms with Gasteiger partial charge in [-0.1, -0.05) is 0 Å². The average Bonchev–Trinajstić information content (AvgIpc) is 2.79. The van der Waals surface area contributed by atoms with E-state index in [0.717, 1.165) is 70.0 Å². The molecule has 2 saturated heterocycles. The van der Waals surface area contributed by atoms with Gasteiger partial charge >= 0.3 is 0 Å². The van der Waals surface area contributed by atoms with Gasteiger partial charge in [0.1, 0.15) is 5.82 Å². The summed E-state index contributed by atoms with van der Waals surface area (Å²) in [5.74, 6) is 0.681. The van der Waals surface area contributed by atoms with Crippen molar-refractivity contribution in [1.82, 2.24) is 19.7 Å². The van der Waals surface area contributed by atoms with Crippen molar-refractivity contribution in [2.45, 2.75) is 26.4 Å². The average molecular weight is 423 g/mol. The molecule has 2 N–H and O–H groups in total. The molecule has 7 nitrogen and oxygen atoms in total. The van der Waals surface area contributed by atoms with Crippen molar-refractivity contribution in [2.24, 2.45) is 0 Å². The number of nitrogen functional groups attached to an aromatic ring is 1. The predicted octanol–water partition coefficient (Wildman–Crippen LogP) is 2.15. The number of hydrogen-bond acceptors (Lipinski definition) is 6. The van der Waals surface area contributed by atoms with Crippen molar-refractivity contribution in [3.05, 3.63) is 53.7 Å². The SMILES string of the molecule is CC(C)N1CCN(c2ccc(C(=O)N3CCN(Cc4ccnc(N)c4)CC3)cc2)CC1. The van der Waals surface area contributed by atoms with Crippen LogP contribution in [-0.4, -0.2) is 84.0 Å². The number of amides is 1. The van der Waals surface area contributed by atoms with Gasteiger partial charge in [-0.3, -0.25) is 14.6 Å². The van der Waals surface area contributed by atoms with Crippen LogP contribution in [-0.2, 0) is 6.54 Å². The van der Waals surface area contributed by atoms with Gasteiger partial charge in [-0.05, 0) is 55.8 Å². The van der Waals surface area contributed by atoms with Gasteiger partial charge in [-0.15, -0.1) is 0 Å². The van der Waals surface area contributed by atoms with Crippen LogP contribution in [0.4, 0.5) is 11.5 Å². The van der Waals surface area contributed by atoms with Gasteiger partial charge in [0.05, 0.1) is 0 Å². The number of benzene rings is 1. The van der Waals surface area contributed by atoms with Gasteiger partial charge in [0.15, 0.2) is 0 Å². The molecule has 0 atom stereocenters. The lowest BCUT2D eigenvalue weighted by Crippen LogP contribution is -2.49. The summed E-state index contributed by atoms with van der Waals surface area (Å²) in [5.41, 5.74) is 8.93. The molecule has 7 heteroatoms. The van der Waals surface area contributed by atoms with Crippen LogP contribution in [0.3, 0.4) is 0 Å². The molecular formula is C24H34N6O. The monoisotopic (exact) mass is 422 g/mol. The van der Waals surface area contributed by atoms with Gasteiger partial charge in [0.2, 0.25) is 0 Å². The van der Waals surface area contributed by atoms with Crippen LogP contribution in [0.1, 0.15) is 29.8 Å². The number of rotatable bonds is 5. The molecule has 166 valence electrons. The van der Waals surface area contributed by atoms with E-state index in [4.69, 9.17) is 5.73 Å². The smallest absolute Gasteiger partial charge is 0.253 e. The first-order chi connectivity index (χ1) is 15.0. The topological polar surface area (TPSA) is 68.9 Å². The maximum Gasteiger partial charge on any atom is 0.253 e. The molecular weight excluding hydrogens is 388 g/mol. The number of anilines is 2. The maximum absolute atomic E-state index is 13.0. The summed E-state index contributed by atoms with van der Waals surface area (Å²) in [6.45, 7) is 12.8. The minimum absolute atomic E-state index is 0.129. The summed E-state index contributed by atoms with van der Waals surface area (Å²) in [7, 11) is 0. The molecule has 2 aliphatic heterocycles. The minimum Gasteiger partial charge on any atom is -0.384 e. The number of nitrogens with zero attached hydrogens (tertiary/aromatic N) is 5. The Balaban J connectivity index is 1.28. The molecule has 1 aromatic carbocycles. The van der Waals surface area contributed by atoms with Crippen LogP contribution < -0.4 is 10.6 Å². The maximum atomic E-state index is 13.0. The lowest BCUT2D eigenvalue weighted by Gasteiger charge is -2.38. The number of pyridine rings is 1. The molecule has 0 unspecified atom stereocenters. The third-order valence-electron chi connectivity index (χ3n) is 6.44. The number of hydrogen-bond donors (Lipinski definition) is 1. The summed E-state index contributed by atoms with van der Waals surface area (Å²) in [5, 5.41) is 0. The van der Waals surface area contributed by atoms with Crippen LogP contribution in [0.5, 0.6) is 0 Å². The van der Waals surface area contributed by atoms with Crippen molar-refractivity contribution in [3.63, 3.8) is 0 Å². The summed E-state index contributed by atoms with van der Waals surface area (Å²) in [6.07, 6.45) is 1.75. The lowest BCUT2D eigenvalue weighted by atomic mass is 10.1. The molecule has 1 amide bonds. The van der Waals surface area contributed by atoms with E-state index in [1.54, 1.807) is 6.20 Å². The minimum atomic E-state index is 0.129. The molecule has 2 aromatic rings. The lowest BCUT2D eigenvalue weighted by molar-refractivity contribution is 0.0628. The fourth-order valence-corrected chi connectivity index (χ4v) is 4.45. The Hall–Kier alpha value is -2.64. The zero-order chi connectivity index (χ0) is 21.8. The first-order valence-electron chi connectivity index (χ1n) is 11.3.